The first-order valence-electron chi connectivity index (χ1n) is 7.61. The molecule has 0 saturated carbocycles. The highest BCUT2D eigenvalue weighted by Gasteiger charge is 2.17. The van der Waals surface area contributed by atoms with Gasteiger partial charge in [0.2, 0.25) is 24.1 Å². The smallest absolute Gasteiger partial charge is 0.239 e. The van der Waals surface area contributed by atoms with Crippen molar-refractivity contribution in [2.75, 3.05) is 26.2 Å². The number of ketones is 1. The van der Waals surface area contributed by atoms with Crippen molar-refractivity contribution in [2.24, 2.45) is 5.73 Å². The Hall–Kier alpha value is -2.49. The zero-order chi connectivity index (χ0) is 18.4. The molecule has 24 heavy (non-hydrogen) atoms. The minimum absolute atomic E-state index is 0.187. The number of nitrogens with two attached hydrogens (primary N) is 1. The predicted octanol–water partition coefficient (Wildman–Crippen LogP) is -2.83. The molecule has 0 saturated heterocycles. The van der Waals surface area contributed by atoms with Gasteiger partial charge in [-0.15, -0.1) is 0 Å². The van der Waals surface area contributed by atoms with Crippen LogP contribution in [-0.4, -0.2) is 62.1 Å². The lowest BCUT2D eigenvalue weighted by molar-refractivity contribution is -0.129. The topological polar surface area (TPSA) is 159 Å². The third kappa shape index (κ3) is 11.1. The summed E-state index contributed by atoms with van der Waals surface area (Å²) < 4.78 is 0. The van der Waals surface area contributed by atoms with Crippen molar-refractivity contribution in [3.8, 4) is 0 Å². The molecular weight excluding hydrogens is 318 g/mol. The van der Waals surface area contributed by atoms with Gasteiger partial charge in [0.1, 0.15) is 0 Å². The molecule has 6 N–H and O–H groups in total. The number of carbonyl (C=O) groups is 5. The number of nitrogens with one attached hydrogen (secondary N) is 4. The molecule has 10 heteroatoms. The Morgan fingerprint density at radius 1 is 1.00 bits per heavy atom. The SMILES string of the molecule is CC(=O)[C@H](CCCCNC=O)NC(=O)CNC(=O)CNC(=O)CN. The van der Waals surface area contributed by atoms with E-state index < -0.39 is 23.8 Å². The van der Waals surface area contributed by atoms with Gasteiger partial charge >= 0.3 is 0 Å². The van der Waals surface area contributed by atoms with E-state index in [-0.39, 0.29) is 25.4 Å². The standard InChI is InChI=1S/C14H25N5O5/c1-10(21)11(4-2-3-5-16-9-20)19-14(24)8-18-13(23)7-17-12(22)6-15/h9,11H,2-8,15H2,1H3,(H,16,20)(H,17,22)(H,18,23)(H,19,24)/t11-/m0/s1. The van der Waals surface area contributed by atoms with E-state index in [1.807, 2.05) is 0 Å². The van der Waals surface area contributed by atoms with Crippen molar-refractivity contribution in [3.63, 3.8) is 0 Å². The summed E-state index contributed by atoms with van der Waals surface area (Å²) in [4.78, 5) is 55.7. The number of carbonyl (C=O) groups excluding carboxylic acids is 5. The second-order valence-corrected chi connectivity index (χ2v) is 5.06. The average molecular weight is 343 g/mol. The van der Waals surface area contributed by atoms with Gasteiger partial charge < -0.3 is 27.0 Å². The third-order valence-corrected chi connectivity index (χ3v) is 3.05. The van der Waals surface area contributed by atoms with Crippen molar-refractivity contribution in [1.29, 1.82) is 0 Å². The van der Waals surface area contributed by atoms with Gasteiger partial charge in [0.05, 0.1) is 25.7 Å². The Morgan fingerprint density at radius 3 is 2.21 bits per heavy atom. The number of unbranched alkanes of at least 4 members (excludes halogenated alkanes) is 1. The molecule has 0 heterocycles. The van der Waals surface area contributed by atoms with E-state index in [2.05, 4.69) is 21.3 Å². The zero-order valence-electron chi connectivity index (χ0n) is 13.7. The molecule has 0 unspecified atom stereocenters. The summed E-state index contributed by atoms with van der Waals surface area (Å²) in [5.74, 6) is -1.70. The lowest BCUT2D eigenvalue weighted by Gasteiger charge is -2.16. The van der Waals surface area contributed by atoms with Crippen molar-refractivity contribution >= 4 is 29.9 Å². The molecule has 0 aromatic rings. The molecule has 1 atom stereocenters. The summed E-state index contributed by atoms with van der Waals surface area (Å²) in [7, 11) is 0. The first-order chi connectivity index (χ1) is 11.4. The van der Waals surface area contributed by atoms with Crippen LogP contribution in [0.5, 0.6) is 0 Å². The first kappa shape index (κ1) is 21.5. The number of rotatable bonds is 13. The molecular formula is C14H25N5O5. The highest BCUT2D eigenvalue weighted by atomic mass is 16.2. The number of hydrogen-bond donors (Lipinski definition) is 5. The quantitative estimate of drug-likeness (QED) is 0.179. The molecule has 0 aliphatic heterocycles. The second-order valence-electron chi connectivity index (χ2n) is 5.06. The molecule has 0 aromatic carbocycles. The van der Waals surface area contributed by atoms with Gasteiger partial charge in [-0.1, -0.05) is 0 Å². The van der Waals surface area contributed by atoms with Crippen molar-refractivity contribution in [1.82, 2.24) is 21.3 Å². The molecule has 0 aromatic heterocycles. The first-order valence-corrected chi connectivity index (χ1v) is 7.61. The molecule has 136 valence electrons. The second kappa shape index (κ2) is 13.0. The summed E-state index contributed by atoms with van der Waals surface area (Å²) >= 11 is 0. The normalized spacial score (nSPS) is 11.1. The van der Waals surface area contributed by atoms with Crippen LogP contribution < -0.4 is 27.0 Å². The Bertz CT molecular complexity index is 455. The lowest BCUT2D eigenvalue weighted by Crippen LogP contribution is -2.47. The molecule has 0 aliphatic carbocycles. The van der Waals surface area contributed by atoms with Gasteiger partial charge in [-0.2, -0.15) is 0 Å². The summed E-state index contributed by atoms with van der Waals surface area (Å²) in [6.07, 6.45) is 2.39. The van der Waals surface area contributed by atoms with E-state index in [1.54, 1.807) is 0 Å². The highest BCUT2D eigenvalue weighted by Crippen LogP contribution is 2.01. The Kier molecular flexibility index (Phi) is 11.6. The summed E-state index contributed by atoms with van der Waals surface area (Å²) in [5.41, 5.74) is 5.07. The Balaban J connectivity index is 4.05. The largest absolute Gasteiger partial charge is 0.359 e. The van der Waals surface area contributed by atoms with Gasteiger partial charge in [-0.25, -0.2) is 0 Å². The van der Waals surface area contributed by atoms with Crippen LogP contribution in [0.25, 0.3) is 0 Å². The Morgan fingerprint density at radius 2 is 1.62 bits per heavy atom. The molecule has 0 spiro atoms. The molecule has 0 aliphatic rings. The monoisotopic (exact) mass is 343 g/mol. The molecule has 0 radical (unpaired) electrons. The van der Waals surface area contributed by atoms with E-state index >= 15 is 0 Å². The van der Waals surface area contributed by atoms with E-state index in [9.17, 15) is 24.0 Å². The van der Waals surface area contributed by atoms with Crippen molar-refractivity contribution in [2.45, 2.75) is 32.2 Å². The fraction of sp³-hybridized carbons (Fsp3) is 0.643. The van der Waals surface area contributed by atoms with E-state index in [0.717, 1.165) is 0 Å². The average Bonchev–Trinajstić information content (AvgIpc) is 2.56. The van der Waals surface area contributed by atoms with Crippen LogP contribution in [-0.2, 0) is 24.0 Å². The zero-order valence-corrected chi connectivity index (χ0v) is 13.7. The van der Waals surface area contributed by atoms with Crippen LogP contribution in [0.2, 0.25) is 0 Å². The van der Waals surface area contributed by atoms with Crippen LogP contribution in [0.4, 0.5) is 0 Å². The predicted molar refractivity (Wildman–Crippen MR) is 85.6 cm³/mol. The van der Waals surface area contributed by atoms with Crippen molar-refractivity contribution in [3.05, 3.63) is 0 Å². The number of hydrogen-bond acceptors (Lipinski definition) is 6. The van der Waals surface area contributed by atoms with E-state index in [1.165, 1.54) is 6.92 Å². The highest BCUT2D eigenvalue weighted by molar-refractivity contribution is 5.91. The van der Waals surface area contributed by atoms with Gasteiger partial charge in [-0.3, -0.25) is 24.0 Å². The van der Waals surface area contributed by atoms with Crippen LogP contribution in [0.1, 0.15) is 26.2 Å². The van der Waals surface area contributed by atoms with Gasteiger partial charge in [0, 0.05) is 6.54 Å². The molecule has 0 fully saturated rings. The molecule has 0 rings (SSSR count). The number of amides is 4. The fourth-order valence-corrected chi connectivity index (χ4v) is 1.75. The van der Waals surface area contributed by atoms with Crippen LogP contribution >= 0.6 is 0 Å². The molecule has 4 amide bonds. The maximum absolute atomic E-state index is 11.7. The van der Waals surface area contributed by atoms with Crippen LogP contribution in [0.3, 0.4) is 0 Å². The van der Waals surface area contributed by atoms with E-state index in [4.69, 9.17) is 5.73 Å². The lowest BCUT2D eigenvalue weighted by atomic mass is 10.1. The van der Waals surface area contributed by atoms with Crippen molar-refractivity contribution < 1.29 is 24.0 Å². The van der Waals surface area contributed by atoms with Crippen LogP contribution in [0.15, 0.2) is 0 Å². The summed E-state index contributed by atoms with van der Waals surface area (Å²) in [6, 6.07) is -0.637. The van der Waals surface area contributed by atoms with Gasteiger partial charge in [-0.05, 0) is 26.2 Å². The van der Waals surface area contributed by atoms with Crippen LogP contribution in [0, 0.1) is 0 Å². The Labute approximate surface area is 140 Å². The summed E-state index contributed by atoms with van der Waals surface area (Å²) in [5, 5.41) is 9.64. The van der Waals surface area contributed by atoms with E-state index in [0.29, 0.717) is 32.2 Å². The van der Waals surface area contributed by atoms with Gasteiger partial charge in [0.15, 0.2) is 5.78 Å². The van der Waals surface area contributed by atoms with Gasteiger partial charge in [0.25, 0.3) is 0 Å². The fourth-order valence-electron chi connectivity index (χ4n) is 1.75. The number of Topliss-reactive ketones (excluding diaryl/α,β-unsaturated/α-hetero) is 1. The third-order valence-electron chi connectivity index (χ3n) is 3.05. The summed E-state index contributed by atoms with van der Waals surface area (Å²) in [6.45, 7) is 1.08. The molecule has 0 bridgehead atoms. The maximum Gasteiger partial charge on any atom is 0.239 e. The maximum atomic E-state index is 11.7. The minimum Gasteiger partial charge on any atom is -0.359 e. The minimum atomic E-state index is -0.637. The molecule has 10 nitrogen and oxygen atoms in total.